The van der Waals surface area contributed by atoms with Crippen LogP contribution in [0.3, 0.4) is 0 Å². The predicted octanol–water partition coefficient (Wildman–Crippen LogP) is 3.52. The number of nitrogen functional groups attached to an aromatic ring is 1. The van der Waals surface area contributed by atoms with Gasteiger partial charge in [0.2, 0.25) is 11.8 Å². The number of imide groups is 1. The molecule has 0 aliphatic carbocycles. The highest BCUT2D eigenvalue weighted by Crippen LogP contribution is 2.39. The van der Waals surface area contributed by atoms with E-state index in [1.165, 1.54) is 4.57 Å². The Bertz CT molecular complexity index is 2350. The van der Waals surface area contributed by atoms with Crippen molar-refractivity contribution in [3.63, 3.8) is 0 Å². The summed E-state index contributed by atoms with van der Waals surface area (Å²) < 4.78 is 3.13. The molecule has 290 valence electrons. The van der Waals surface area contributed by atoms with Crippen molar-refractivity contribution in [1.82, 2.24) is 39.5 Å². The highest BCUT2D eigenvalue weighted by atomic mass is 16.3. The van der Waals surface area contributed by atoms with Crippen LogP contribution in [0.1, 0.15) is 68.3 Å². The third kappa shape index (κ3) is 6.63. The van der Waals surface area contributed by atoms with Gasteiger partial charge in [0, 0.05) is 56.3 Å². The van der Waals surface area contributed by atoms with Crippen LogP contribution in [0.2, 0.25) is 0 Å². The van der Waals surface area contributed by atoms with Gasteiger partial charge in [-0.25, -0.2) is 14.8 Å². The first kappa shape index (κ1) is 35.8. The zero-order valence-electron chi connectivity index (χ0n) is 31.5. The van der Waals surface area contributed by atoms with E-state index in [1.54, 1.807) is 23.7 Å². The number of carbonyl (C=O) groups excluding carboxylic acids is 2. The molecule has 5 aromatic rings. The van der Waals surface area contributed by atoms with Gasteiger partial charge in [-0.15, -0.1) is 10.2 Å². The number of rotatable bonds is 9. The molecule has 56 heavy (non-hydrogen) atoms. The van der Waals surface area contributed by atoms with E-state index in [1.807, 2.05) is 36.5 Å². The predicted molar refractivity (Wildman–Crippen MR) is 212 cm³/mol. The number of likely N-dealkylation sites (tertiary alicyclic amines) is 1. The van der Waals surface area contributed by atoms with Crippen molar-refractivity contribution in [3.8, 4) is 17.0 Å². The number of phenols is 1. The smallest absolute Gasteiger partial charge is 0.329 e. The maximum Gasteiger partial charge on any atom is 0.329 e. The molecule has 4 aliphatic heterocycles. The molecule has 15 nitrogen and oxygen atoms in total. The van der Waals surface area contributed by atoms with E-state index < -0.39 is 11.9 Å². The summed E-state index contributed by atoms with van der Waals surface area (Å²) in [6.45, 7) is 4.57. The molecule has 15 heteroatoms. The molecule has 3 unspecified atom stereocenters. The number of hydrogen-bond acceptors (Lipinski definition) is 12. The minimum Gasteiger partial charge on any atom is -0.507 e. The molecule has 4 N–H and O–H groups in total. The quantitative estimate of drug-likeness (QED) is 0.187. The fourth-order valence-electron chi connectivity index (χ4n) is 9.36. The molecule has 3 atom stereocenters. The number of piperidine rings is 2. The highest BCUT2D eigenvalue weighted by molar-refractivity contribution is 6.00. The molecule has 4 fully saturated rings. The van der Waals surface area contributed by atoms with Gasteiger partial charge in [-0.05, 0) is 107 Å². The lowest BCUT2D eigenvalue weighted by Crippen LogP contribution is -2.54. The summed E-state index contributed by atoms with van der Waals surface area (Å²) in [5.41, 5.74) is 10.9. The number of nitrogens with two attached hydrogens (primary N) is 1. The number of aryl methyl sites for hydroxylation is 2. The summed E-state index contributed by atoms with van der Waals surface area (Å²) in [4.78, 5) is 54.7. The Hall–Kier alpha value is -5.83. The fourth-order valence-corrected chi connectivity index (χ4v) is 9.36. The van der Waals surface area contributed by atoms with Crippen LogP contribution in [-0.2, 0) is 23.1 Å². The van der Waals surface area contributed by atoms with E-state index >= 15 is 0 Å². The first-order valence-electron chi connectivity index (χ1n) is 19.8. The number of carbonyl (C=O) groups is 2. The van der Waals surface area contributed by atoms with Crippen molar-refractivity contribution in [2.75, 3.05) is 48.3 Å². The number of fused-ring (bicyclic) bond motifs is 3. The number of hydrogen-bond donors (Lipinski definition) is 3. The molecule has 4 aliphatic rings. The van der Waals surface area contributed by atoms with Gasteiger partial charge in [0.25, 0.3) is 0 Å². The Morgan fingerprint density at radius 3 is 2.46 bits per heavy atom. The first-order valence-corrected chi connectivity index (χ1v) is 19.8. The zero-order chi connectivity index (χ0) is 38.5. The van der Waals surface area contributed by atoms with E-state index in [0.29, 0.717) is 34.9 Å². The lowest BCUT2D eigenvalue weighted by Gasteiger charge is -2.43. The number of benzene rings is 2. The topological polar surface area (TPSA) is 181 Å². The van der Waals surface area contributed by atoms with Gasteiger partial charge < -0.3 is 25.5 Å². The second kappa shape index (κ2) is 14.7. The largest absolute Gasteiger partial charge is 0.507 e. The molecule has 0 saturated carbocycles. The summed E-state index contributed by atoms with van der Waals surface area (Å²) in [6, 6.07) is 17.1. The average Bonchev–Trinajstić information content (AvgIpc) is 3.62. The molecule has 2 aromatic carbocycles. The minimum atomic E-state index is -0.680. The molecule has 2 amide bonds. The molecule has 9 rings (SSSR count). The summed E-state index contributed by atoms with van der Waals surface area (Å²) in [5.74, 6) is 2.09. The Kier molecular flexibility index (Phi) is 9.39. The molecule has 0 radical (unpaired) electrons. The van der Waals surface area contributed by atoms with Crippen LogP contribution in [0.4, 0.5) is 17.3 Å². The molecule has 7 heterocycles. The monoisotopic (exact) mass is 757 g/mol. The van der Waals surface area contributed by atoms with Crippen LogP contribution in [0.25, 0.3) is 22.3 Å². The van der Waals surface area contributed by atoms with Gasteiger partial charge >= 0.3 is 5.69 Å². The van der Waals surface area contributed by atoms with Crippen LogP contribution >= 0.6 is 0 Å². The van der Waals surface area contributed by atoms with Gasteiger partial charge in [-0.1, -0.05) is 18.2 Å². The molecule has 0 spiro atoms. The summed E-state index contributed by atoms with van der Waals surface area (Å²) in [5, 5.41) is 21.3. The standard InChI is InChI=1S/C41H47N11O4/c1-48-33-21-25(8-11-31(33)52(41(48)56)32-12-13-37(54)45-40(32)55)5-4-18-49-19-15-26(16-20-49)39-43-17-14-36(44-39)51-27-9-10-28(51)24-50(23-27)34-22-30(46-47-38(34)42)29-6-2-3-7-35(29)53/h2-3,6-8,11,14,17,21-22,26-28,32,53H,4-5,9-10,12-13,15-16,18-20,23-24H2,1H3,(H2,42,47)(H,45,54,55). The van der Waals surface area contributed by atoms with Crippen molar-refractivity contribution in [2.45, 2.75) is 75.4 Å². The van der Waals surface area contributed by atoms with Crippen molar-refractivity contribution >= 4 is 40.2 Å². The van der Waals surface area contributed by atoms with Crippen LogP contribution in [0.5, 0.6) is 5.75 Å². The number of amides is 2. The van der Waals surface area contributed by atoms with Gasteiger partial charge in [0.1, 0.15) is 23.4 Å². The molecular formula is C41H47N11O4. The molecule has 2 bridgehead atoms. The number of aromatic hydroxyl groups is 1. The van der Waals surface area contributed by atoms with Crippen LogP contribution < -0.4 is 26.5 Å². The SMILES string of the molecule is Cn1c(=O)n(C2CCC(=O)NC2=O)c2ccc(CCCN3CCC(c4nccc(N5C6CCC5CN(c5cc(-c7ccccc7O)nnc5N)C6)n4)CC3)cc21. The highest BCUT2D eigenvalue weighted by Gasteiger charge is 2.42. The average molecular weight is 758 g/mol. The van der Waals surface area contributed by atoms with Crippen LogP contribution in [0, 0.1) is 0 Å². The van der Waals surface area contributed by atoms with Crippen LogP contribution in [0.15, 0.2) is 65.6 Å². The Balaban J connectivity index is 0.799. The normalized spacial score (nSPS) is 21.9. The van der Waals surface area contributed by atoms with Crippen molar-refractivity contribution in [2.24, 2.45) is 7.05 Å². The lowest BCUT2D eigenvalue weighted by atomic mass is 9.95. The van der Waals surface area contributed by atoms with Gasteiger partial charge in [0.05, 0.1) is 22.4 Å². The van der Waals surface area contributed by atoms with Gasteiger partial charge in [-0.2, -0.15) is 0 Å². The first-order chi connectivity index (χ1) is 27.2. The summed E-state index contributed by atoms with van der Waals surface area (Å²) in [6.07, 6.45) is 8.53. The maximum atomic E-state index is 13.2. The van der Waals surface area contributed by atoms with Gasteiger partial charge in [0.15, 0.2) is 5.82 Å². The number of imidazole rings is 1. The Morgan fingerprint density at radius 1 is 0.911 bits per heavy atom. The number of aromatic nitrogens is 6. The van der Waals surface area contributed by atoms with Crippen molar-refractivity contribution in [3.05, 3.63) is 82.7 Å². The van der Waals surface area contributed by atoms with Crippen molar-refractivity contribution in [1.29, 1.82) is 0 Å². The Labute approximate surface area is 324 Å². The number of nitrogens with one attached hydrogen (secondary N) is 1. The maximum absolute atomic E-state index is 13.2. The van der Waals surface area contributed by atoms with E-state index in [0.717, 1.165) is 99.7 Å². The number of piperazine rings is 1. The molecule has 4 saturated heterocycles. The third-order valence-corrected chi connectivity index (χ3v) is 12.3. The van der Waals surface area contributed by atoms with Crippen molar-refractivity contribution < 1.29 is 14.7 Å². The molecule has 3 aromatic heterocycles. The second-order valence-corrected chi connectivity index (χ2v) is 15.7. The Morgan fingerprint density at radius 2 is 1.70 bits per heavy atom. The number of phenolic OH excluding ortho intramolecular Hbond substituents is 1. The van der Waals surface area contributed by atoms with Gasteiger partial charge in [-0.3, -0.25) is 24.0 Å². The fraction of sp³-hybridized carbons (Fsp3) is 0.439. The summed E-state index contributed by atoms with van der Waals surface area (Å²) >= 11 is 0. The minimum absolute atomic E-state index is 0.163. The number of anilines is 3. The lowest BCUT2D eigenvalue weighted by molar-refractivity contribution is -0.135. The number of para-hydroxylation sites is 1. The van der Waals surface area contributed by atoms with Crippen LogP contribution in [-0.4, -0.2) is 95.9 Å². The van der Waals surface area contributed by atoms with E-state index in [9.17, 15) is 19.5 Å². The summed E-state index contributed by atoms with van der Waals surface area (Å²) in [7, 11) is 1.73. The van der Waals surface area contributed by atoms with E-state index in [-0.39, 0.29) is 35.9 Å². The zero-order valence-corrected chi connectivity index (χ0v) is 31.5. The van der Waals surface area contributed by atoms with E-state index in [4.69, 9.17) is 15.7 Å². The second-order valence-electron chi connectivity index (χ2n) is 15.7. The van der Waals surface area contributed by atoms with E-state index in [2.05, 4.69) is 42.3 Å². The molecular weight excluding hydrogens is 711 g/mol. The third-order valence-electron chi connectivity index (χ3n) is 12.3. The number of nitrogens with zero attached hydrogens (tertiary/aromatic N) is 9.